The van der Waals surface area contributed by atoms with Crippen LogP contribution in [0.25, 0.3) is 11.3 Å². The standard InChI is InChI=1S/C19H21FN4O4/c1-11(25)22-9-14-10-24(19(26)28-14)13-3-4-15(16(20)6-13)18-17(27-2)5-12(7-21)8-23-18/h3-6,8,14H,7,9-10,21H2,1-2H3,(H,22,25)/t14-/m0/s1. The summed E-state index contributed by atoms with van der Waals surface area (Å²) in [4.78, 5) is 28.7. The van der Waals surface area contributed by atoms with Crippen molar-refractivity contribution in [1.29, 1.82) is 0 Å². The molecule has 1 saturated heterocycles. The quantitative estimate of drug-likeness (QED) is 0.782. The first-order valence-electron chi connectivity index (χ1n) is 8.68. The zero-order chi connectivity index (χ0) is 20.3. The molecule has 0 spiro atoms. The lowest BCUT2D eigenvalue weighted by atomic mass is 10.1. The van der Waals surface area contributed by atoms with Crippen LogP contribution in [0.15, 0.2) is 30.5 Å². The molecule has 3 rings (SSSR count). The second kappa shape index (κ2) is 8.22. The fourth-order valence-corrected chi connectivity index (χ4v) is 2.91. The van der Waals surface area contributed by atoms with E-state index in [0.717, 1.165) is 5.56 Å². The van der Waals surface area contributed by atoms with Crippen LogP contribution in [0.5, 0.6) is 5.75 Å². The Kier molecular flexibility index (Phi) is 5.74. The van der Waals surface area contributed by atoms with E-state index >= 15 is 0 Å². The molecule has 2 amide bonds. The Hall–Kier alpha value is -3.20. The van der Waals surface area contributed by atoms with E-state index in [2.05, 4.69) is 10.3 Å². The number of halogens is 1. The molecule has 148 valence electrons. The first kappa shape index (κ1) is 19.6. The summed E-state index contributed by atoms with van der Waals surface area (Å²) in [6.45, 7) is 2.09. The Balaban J connectivity index is 1.83. The van der Waals surface area contributed by atoms with Crippen LogP contribution in [0.2, 0.25) is 0 Å². The predicted molar refractivity (Wildman–Crippen MR) is 100 cm³/mol. The number of carbonyl (C=O) groups excluding carboxylic acids is 2. The number of pyridine rings is 1. The fraction of sp³-hybridized carbons (Fsp3) is 0.316. The third-order valence-electron chi connectivity index (χ3n) is 4.34. The Labute approximate surface area is 161 Å². The summed E-state index contributed by atoms with van der Waals surface area (Å²) in [6, 6.07) is 6.10. The minimum absolute atomic E-state index is 0.201. The number of amides is 2. The first-order chi connectivity index (χ1) is 13.4. The monoisotopic (exact) mass is 388 g/mol. The maximum absolute atomic E-state index is 14.8. The summed E-state index contributed by atoms with van der Waals surface area (Å²) in [7, 11) is 1.47. The molecule has 9 heteroatoms. The topological polar surface area (TPSA) is 107 Å². The summed E-state index contributed by atoms with van der Waals surface area (Å²) in [5.41, 5.74) is 7.31. The number of hydrogen-bond acceptors (Lipinski definition) is 6. The molecule has 0 bridgehead atoms. The van der Waals surface area contributed by atoms with Crippen LogP contribution in [0.1, 0.15) is 12.5 Å². The van der Waals surface area contributed by atoms with Crippen molar-refractivity contribution >= 4 is 17.7 Å². The summed E-state index contributed by atoms with van der Waals surface area (Å²) < 4.78 is 25.3. The van der Waals surface area contributed by atoms with Gasteiger partial charge in [-0.2, -0.15) is 0 Å². The largest absolute Gasteiger partial charge is 0.494 e. The average molecular weight is 388 g/mol. The molecule has 3 N–H and O–H groups in total. The van der Waals surface area contributed by atoms with E-state index in [0.29, 0.717) is 23.7 Å². The van der Waals surface area contributed by atoms with Gasteiger partial charge in [0.1, 0.15) is 23.4 Å². The summed E-state index contributed by atoms with van der Waals surface area (Å²) in [6.07, 6.45) is 0.477. The molecule has 0 aliphatic carbocycles. The maximum Gasteiger partial charge on any atom is 0.414 e. The number of hydrogen-bond donors (Lipinski definition) is 2. The van der Waals surface area contributed by atoms with Crippen LogP contribution in [-0.2, 0) is 16.1 Å². The molecule has 8 nitrogen and oxygen atoms in total. The number of carbonyl (C=O) groups is 2. The first-order valence-corrected chi connectivity index (χ1v) is 8.68. The van der Waals surface area contributed by atoms with Crippen LogP contribution in [0.4, 0.5) is 14.9 Å². The Morgan fingerprint density at radius 1 is 1.46 bits per heavy atom. The Morgan fingerprint density at radius 3 is 2.89 bits per heavy atom. The van der Waals surface area contributed by atoms with Crippen molar-refractivity contribution < 1.29 is 23.5 Å². The molecule has 28 heavy (non-hydrogen) atoms. The zero-order valence-electron chi connectivity index (χ0n) is 15.6. The van der Waals surface area contributed by atoms with Gasteiger partial charge in [-0.25, -0.2) is 9.18 Å². The second-order valence-corrected chi connectivity index (χ2v) is 6.32. The molecule has 1 atom stereocenters. The smallest absolute Gasteiger partial charge is 0.414 e. The number of ether oxygens (including phenoxy) is 2. The number of methoxy groups -OCH3 is 1. The second-order valence-electron chi connectivity index (χ2n) is 6.32. The molecule has 1 aromatic heterocycles. The van der Waals surface area contributed by atoms with Gasteiger partial charge >= 0.3 is 6.09 Å². The lowest BCUT2D eigenvalue weighted by molar-refractivity contribution is -0.119. The number of rotatable bonds is 6. The number of cyclic esters (lactones) is 1. The third-order valence-corrected chi connectivity index (χ3v) is 4.34. The Morgan fingerprint density at radius 2 is 2.25 bits per heavy atom. The molecule has 0 radical (unpaired) electrons. The van der Waals surface area contributed by atoms with Crippen molar-refractivity contribution in [3.8, 4) is 17.0 Å². The van der Waals surface area contributed by atoms with Gasteiger partial charge in [0, 0.05) is 25.2 Å². The lowest BCUT2D eigenvalue weighted by Gasteiger charge is -2.15. The molecule has 1 fully saturated rings. The number of nitrogens with one attached hydrogen (secondary N) is 1. The lowest BCUT2D eigenvalue weighted by Crippen LogP contribution is -2.33. The molecule has 1 aliphatic rings. The van der Waals surface area contributed by atoms with E-state index in [1.165, 1.54) is 31.1 Å². The van der Waals surface area contributed by atoms with Gasteiger partial charge in [-0.05, 0) is 29.8 Å². The van der Waals surface area contributed by atoms with Gasteiger partial charge < -0.3 is 20.5 Å². The normalized spacial score (nSPS) is 16.1. The van der Waals surface area contributed by atoms with Crippen molar-refractivity contribution in [3.05, 3.63) is 41.8 Å². The fourth-order valence-electron chi connectivity index (χ4n) is 2.91. The maximum atomic E-state index is 14.8. The van der Waals surface area contributed by atoms with E-state index in [4.69, 9.17) is 15.2 Å². The summed E-state index contributed by atoms with van der Waals surface area (Å²) in [5.74, 6) is -0.362. The predicted octanol–water partition coefficient (Wildman–Crippen LogP) is 1.82. The minimum Gasteiger partial charge on any atom is -0.494 e. The van der Waals surface area contributed by atoms with E-state index in [9.17, 15) is 14.0 Å². The average Bonchev–Trinajstić information content (AvgIpc) is 3.06. The number of anilines is 1. The van der Waals surface area contributed by atoms with Gasteiger partial charge in [-0.15, -0.1) is 0 Å². The molecule has 2 aromatic rings. The number of nitrogens with zero attached hydrogens (tertiary/aromatic N) is 2. The van der Waals surface area contributed by atoms with E-state index in [1.54, 1.807) is 18.3 Å². The molecule has 1 aromatic carbocycles. The minimum atomic E-state index is -0.592. The highest BCUT2D eigenvalue weighted by molar-refractivity contribution is 5.90. The van der Waals surface area contributed by atoms with E-state index in [1.807, 2.05) is 0 Å². The molecule has 0 unspecified atom stereocenters. The van der Waals surface area contributed by atoms with Gasteiger partial charge in [-0.3, -0.25) is 14.7 Å². The highest BCUT2D eigenvalue weighted by Crippen LogP contribution is 2.33. The van der Waals surface area contributed by atoms with Crippen molar-refractivity contribution in [2.45, 2.75) is 19.6 Å². The third kappa shape index (κ3) is 4.04. The summed E-state index contributed by atoms with van der Waals surface area (Å²) in [5, 5.41) is 2.60. The Bertz CT molecular complexity index is 905. The molecule has 0 saturated carbocycles. The van der Waals surface area contributed by atoms with Crippen molar-refractivity contribution in [1.82, 2.24) is 10.3 Å². The zero-order valence-corrected chi connectivity index (χ0v) is 15.6. The highest BCUT2D eigenvalue weighted by atomic mass is 19.1. The van der Waals surface area contributed by atoms with E-state index < -0.39 is 18.0 Å². The van der Waals surface area contributed by atoms with Crippen LogP contribution >= 0.6 is 0 Å². The summed E-state index contributed by atoms with van der Waals surface area (Å²) >= 11 is 0. The van der Waals surface area contributed by atoms with Crippen LogP contribution < -0.4 is 20.7 Å². The number of benzene rings is 1. The van der Waals surface area contributed by atoms with Crippen molar-refractivity contribution in [3.63, 3.8) is 0 Å². The van der Waals surface area contributed by atoms with Gasteiger partial charge in [-0.1, -0.05) is 0 Å². The van der Waals surface area contributed by atoms with E-state index in [-0.39, 0.29) is 24.6 Å². The number of aromatic nitrogens is 1. The van der Waals surface area contributed by atoms with Crippen LogP contribution in [-0.4, -0.2) is 43.3 Å². The van der Waals surface area contributed by atoms with Gasteiger partial charge in [0.2, 0.25) is 5.91 Å². The van der Waals surface area contributed by atoms with Crippen LogP contribution in [0, 0.1) is 5.82 Å². The highest BCUT2D eigenvalue weighted by Gasteiger charge is 2.32. The number of nitrogens with two attached hydrogens (primary N) is 1. The molecular formula is C19H21FN4O4. The van der Waals surface area contributed by atoms with Gasteiger partial charge in [0.25, 0.3) is 0 Å². The van der Waals surface area contributed by atoms with Crippen molar-refractivity contribution in [2.75, 3.05) is 25.1 Å². The SMILES string of the molecule is COc1cc(CN)cnc1-c1ccc(N2C[C@H](CNC(C)=O)OC2=O)cc1F. The van der Waals surface area contributed by atoms with Crippen LogP contribution in [0.3, 0.4) is 0 Å². The molecular weight excluding hydrogens is 367 g/mol. The van der Waals surface area contributed by atoms with Gasteiger partial charge in [0.05, 0.1) is 25.9 Å². The van der Waals surface area contributed by atoms with Crippen molar-refractivity contribution in [2.24, 2.45) is 5.73 Å². The molecule has 2 heterocycles. The molecule has 1 aliphatic heterocycles. The van der Waals surface area contributed by atoms with Gasteiger partial charge in [0.15, 0.2) is 0 Å².